The van der Waals surface area contributed by atoms with E-state index in [2.05, 4.69) is 15.6 Å². The minimum Gasteiger partial charge on any atom is -0.357 e. The lowest BCUT2D eigenvalue weighted by atomic mass is 9.84. The summed E-state index contributed by atoms with van der Waals surface area (Å²) in [5.74, 6) is -0.474. The maximum absolute atomic E-state index is 14.1. The summed E-state index contributed by atoms with van der Waals surface area (Å²) in [6, 6.07) is -0.561. The highest BCUT2D eigenvalue weighted by molar-refractivity contribution is 6.31. The second kappa shape index (κ2) is 8.03. The van der Waals surface area contributed by atoms with Gasteiger partial charge >= 0.3 is 12.2 Å². The molecule has 0 aromatic carbocycles. The van der Waals surface area contributed by atoms with Gasteiger partial charge in [-0.25, -0.2) is 4.79 Å². The number of H-pyrrole nitrogens is 1. The number of fused-ring (bicyclic) bond motifs is 1. The molecule has 2 fully saturated rings. The number of nitrogens with zero attached hydrogens (tertiary/aromatic N) is 1. The summed E-state index contributed by atoms with van der Waals surface area (Å²) in [4.78, 5) is 29.5. The van der Waals surface area contributed by atoms with E-state index in [1.165, 1.54) is 17.9 Å². The summed E-state index contributed by atoms with van der Waals surface area (Å²) in [5, 5.41) is 5.70. The summed E-state index contributed by atoms with van der Waals surface area (Å²) < 4.78 is 42.3. The van der Waals surface area contributed by atoms with E-state index in [1.54, 1.807) is 19.1 Å². The van der Waals surface area contributed by atoms with Crippen LogP contribution in [0.5, 0.6) is 0 Å². The van der Waals surface area contributed by atoms with Crippen LogP contribution in [-0.2, 0) is 11.0 Å². The number of hydrogen-bond acceptors (Lipinski definition) is 2. The predicted molar refractivity (Wildman–Crippen MR) is 116 cm³/mol. The predicted octanol–water partition coefficient (Wildman–Crippen LogP) is 5.08. The van der Waals surface area contributed by atoms with Gasteiger partial charge in [0.2, 0.25) is 0 Å². The number of likely N-dealkylation sites (tertiary alicyclic amines) is 1. The average molecular weight is 469 g/mol. The number of piperidine rings is 1. The summed E-state index contributed by atoms with van der Waals surface area (Å²) in [7, 11) is 0. The SMILES string of the molecule is Cc1[nH]c(/C=C2\C(=O)NC3(C)CC=C(Cl)C=C23)c(C(F)(F)F)c1NC(=O)N1CCCCC1. The van der Waals surface area contributed by atoms with Gasteiger partial charge in [-0.3, -0.25) is 4.79 Å². The minimum atomic E-state index is -4.75. The van der Waals surface area contributed by atoms with E-state index in [-0.39, 0.29) is 22.6 Å². The number of nitrogens with one attached hydrogen (secondary N) is 3. The Morgan fingerprint density at radius 1 is 1.28 bits per heavy atom. The van der Waals surface area contributed by atoms with E-state index in [0.717, 1.165) is 19.3 Å². The Morgan fingerprint density at radius 3 is 2.62 bits per heavy atom. The molecule has 4 rings (SSSR count). The lowest BCUT2D eigenvalue weighted by molar-refractivity contribution is -0.137. The van der Waals surface area contributed by atoms with Crippen LogP contribution in [0.25, 0.3) is 6.08 Å². The smallest absolute Gasteiger partial charge is 0.357 e. The Kier molecular flexibility index (Phi) is 5.65. The molecule has 6 nitrogen and oxygen atoms in total. The molecule has 0 saturated carbocycles. The summed E-state index contributed by atoms with van der Waals surface area (Å²) >= 11 is 6.10. The molecule has 3 N–H and O–H groups in total. The standard InChI is InChI=1S/C22H24ClF3N4O2/c1-12-18(28-20(32)30-8-4-3-5-9-30)17(22(24,25)26)16(27-12)11-14-15-10-13(23)6-7-21(15,2)29-19(14)31/h6,10-11,27H,3-5,7-9H2,1-2H3,(H,28,32)(H,29,31)/b14-11-. The third-order valence-corrected chi connectivity index (χ3v) is 6.43. The average Bonchev–Trinajstić information content (AvgIpc) is 3.16. The largest absolute Gasteiger partial charge is 0.420 e. The maximum atomic E-state index is 14.1. The Bertz CT molecular complexity index is 1060. The number of allylic oxidation sites excluding steroid dienone is 2. The Labute approximate surface area is 188 Å². The van der Waals surface area contributed by atoms with E-state index in [9.17, 15) is 22.8 Å². The minimum absolute atomic E-state index is 0.111. The zero-order valence-corrected chi connectivity index (χ0v) is 18.5. The molecule has 1 aliphatic carbocycles. The van der Waals surface area contributed by atoms with E-state index in [4.69, 9.17) is 11.6 Å². The third kappa shape index (κ3) is 4.05. The lowest BCUT2D eigenvalue weighted by Gasteiger charge is -2.27. The van der Waals surface area contributed by atoms with Crippen LogP contribution in [0.4, 0.5) is 23.7 Å². The molecule has 2 saturated heterocycles. The van der Waals surface area contributed by atoms with Crippen molar-refractivity contribution in [3.63, 3.8) is 0 Å². The number of aryl methyl sites for hydroxylation is 1. The number of urea groups is 1. The van der Waals surface area contributed by atoms with Crippen molar-refractivity contribution in [2.45, 2.75) is 51.2 Å². The number of anilines is 1. The van der Waals surface area contributed by atoms with Crippen molar-refractivity contribution < 1.29 is 22.8 Å². The van der Waals surface area contributed by atoms with Crippen LogP contribution in [0.3, 0.4) is 0 Å². The Hall–Kier alpha value is -2.68. The van der Waals surface area contributed by atoms with Crippen molar-refractivity contribution in [2.24, 2.45) is 0 Å². The zero-order chi connectivity index (χ0) is 23.3. The number of aromatic amines is 1. The molecule has 2 aliphatic heterocycles. The van der Waals surface area contributed by atoms with Gasteiger partial charge in [0, 0.05) is 29.4 Å². The fourth-order valence-electron chi connectivity index (χ4n) is 4.48. The molecule has 1 aromatic heterocycles. The molecule has 0 bridgehead atoms. The first-order valence-electron chi connectivity index (χ1n) is 10.5. The fraction of sp³-hybridized carbons (Fsp3) is 0.455. The van der Waals surface area contributed by atoms with Crippen molar-refractivity contribution in [3.8, 4) is 0 Å². The van der Waals surface area contributed by atoms with Gasteiger partial charge < -0.3 is 20.5 Å². The third-order valence-electron chi connectivity index (χ3n) is 6.17. The Balaban J connectivity index is 1.75. The number of rotatable bonds is 2. The highest BCUT2D eigenvalue weighted by Crippen LogP contribution is 2.43. The molecule has 3 heterocycles. The Morgan fingerprint density at radius 2 is 1.97 bits per heavy atom. The molecule has 32 heavy (non-hydrogen) atoms. The molecule has 3 aliphatic rings. The number of aromatic nitrogens is 1. The van der Waals surface area contributed by atoms with E-state index in [1.807, 2.05) is 0 Å². The molecule has 10 heteroatoms. The molecule has 172 valence electrons. The van der Waals surface area contributed by atoms with Crippen LogP contribution < -0.4 is 10.6 Å². The monoisotopic (exact) mass is 468 g/mol. The van der Waals surface area contributed by atoms with Gasteiger partial charge in [-0.15, -0.1) is 0 Å². The normalized spacial score (nSPS) is 24.8. The first-order chi connectivity index (χ1) is 15.0. The number of carbonyl (C=O) groups excluding carboxylic acids is 2. The highest BCUT2D eigenvalue weighted by atomic mass is 35.5. The topological polar surface area (TPSA) is 77.2 Å². The molecular formula is C22H24ClF3N4O2. The van der Waals surface area contributed by atoms with E-state index < -0.39 is 29.2 Å². The number of carbonyl (C=O) groups is 2. The van der Waals surface area contributed by atoms with Crippen molar-refractivity contribution in [1.29, 1.82) is 0 Å². The van der Waals surface area contributed by atoms with Gasteiger partial charge in [0.05, 0.1) is 16.9 Å². The van der Waals surface area contributed by atoms with Crippen LogP contribution in [0, 0.1) is 6.92 Å². The van der Waals surface area contributed by atoms with Crippen LogP contribution in [0.2, 0.25) is 0 Å². The number of hydrogen-bond donors (Lipinski definition) is 3. The van der Waals surface area contributed by atoms with Gasteiger partial charge in [0.15, 0.2) is 0 Å². The molecule has 0 radical (unpaired) electrons. The molecule has 1 unspecified atom stereocenters. The van der Waals surface area contributed by atoms with Gasteiger partial charge in [-0.1, -0.05) is 17.7 Å². The summed E-state index contributed by atoms with van der Waals surface area (Å²) in [6.45, 7) is 4.27. The molecule has 3 amide bonds. The van der Waals surface area contributed by atoms with Gasteiger partial charge in [-0.05, 0) is 57.3 Å². The highest BCUT2D eigenvalue weighted by Gasteiger charge is 2.44. The first-order valence-corrected chi connectivity index (χ1v) is 10.9. The number of alkyl halides is 3. The molecule has 0 spiro atoms. The van der Waals surface area contributed by atoms with E-state index >= 15 is 0 Å². The summed E-state index contributed by atoms with van der Waals surface area (Å²) in [5.41, 5.74) is -1.54. The van der Waals surface area contributed by atoms with Crippen molar-refractivity contribution in [2.75, 3.05) is 18.4 Å². The van der Waals surface area contributed by atoms with Crippen LogP contribution in [0.15, 0.2) is 28.3 Å². The quantitative estimate of drug-likeness (QED) is 0.529. The van der Waals surface area contributed by atoms with Crippen LogP contribution in [-0.4, -0.2) is 40.5 Å². The zero-order valence-electron chi connectivity index (χ0n) is 17.8. The van der Waals surface area contributed by atoms with Gasteiger partial charge in [0.25, 0.3) is 5.91 Å². The van der Waals surface area contributed by atoms with Crippen LogP contribution >= 0.6 is 11.6 Å². The van der Waals surface area contributed by atoms with Crippen molar-refractivity contribution in [1.82, 2.24) is 15.2 Å². The maximum Gasteiger partial charge on any atom is 0.420 e. The van der Waals surface area contributed by atoms with Gasteiger partial charge in [-0.2, -0.15) is 13.2 Å². The van der Waals surface area contributed by atoms with Crippen molar-refractivity contribution in [3.05, 3.63) is 45.3 Å². The molecule has 1 aromatic rings. The fourth-order valence-corrected chi connectivity index (χ4v) is 4.67. The molecular weight excluding hydrogens is 445 g/mol. The van der Waals surface area contributed by atoms with E-state index in [0.29, 0.717) is 30.1 Å². The number of amides is 3. The lowest BCUT2D eigenvalue weighted by Crippen LogP contribution is -2.39. The second-order valence-electron chi connectivity index (χ2n) is 8.58. The first kappa shape index (κ1) is 22.5. The van der Waals surface area contributed by atoms with Crippen molar-refractivity contribution >= 4 is 35.3 Å². The summed E-state index contributed by atoms with van der Waals surface area (Å²) in [6.07, 6.45) is 2.86. The van der Waals surface area contributed by atoms with Crippen LogP contribution in [0.1, 0.15) is 49.6 Å². The van der Waals surface area contributed by atoms with Gasteiger partial charge in [0.1, 0.15) is 5.56 Å². The number of halogens is 4. The second-order valence-corrected chi connectivity index (χ2v) is 9.02. The molecule has 1 atom stereocenters.